The van der Waals surface area contributed by atoms with Gasteiger partial charge in [-0.3, -0.25) is 4.79 Å². The van der Waals surface area contributed by atoms with Crippen molar-refractivity contribution in [1.29, 1.82) is 0 Å². The minimum absolute atomic E-state index is 0.195. The highest BCUT2D eigenvalue weighted by Crippen LogP contribution is 2.24. The number of aromatic nitrogens is 3. The summed E-state index contributed by atoms with van der Waals surface area (Å²) in [6.07, 6.45) is 6.10. The molecular weight excluding hydrogens is 307 g/mol. The van der Waals surface area contributed by atoms with E-state index in [0.717, 1.165) is 19.3 Å². The molecule has 3 rings (SSSR count). The zero-order valence-electron chi connectivity index (χ0n) is 14.1. The van der Waals surface area contributed by atoms with Crippen LogP contribution in [0.2, 0.25) is 0 Å². The van der Waals surface area contributed by atoms with E-state index in [4.69, 9.17) is 0 Å². The third kappa shape index (κ3) is 3.47. The minimum atomic E-state index is -0.325. The van der Waals surface area contributed by atoms with Crippen LogP contribution < -0.4 is 5.32 Å². The second-order valence-electron chi connectivity index (χ2n) is 6.62. The number of carbonyl (C=O) groups excluding carboxylic acids is 1. The van der Waals surface area contributed by atoms with Gasteiger partial charge in [0.2, 0.25) is 0 Å². The monoisotopic (exact) mass is 330 g/mol. The number of amides is 1. The molecule has 1 aromatic carbocycles. The molecule has 2 aromatic rings. The Bertz CT molecular complexity index is 715. The highest BCUT2D eigenvalue weighted by Gasteiger charge is 2.24. The standard InChI is InChI=1S/C18H23FN4O/c1-12-7-3-6-10-16(12)20-18(24)17-11-23(22-21-17)13(2)14-8-4-5-9-15(14)19/h4-5,8-9,11-13,16H,3,6-7,10H2,1-2H3,(H,20,24)/t12-,13+,16-/m1/s1. The fourth-order valence-corrected chi connectivity index (χ4v) is 3.30. The number of carbonyl (C=O) groups is 1. The fourth-order valence-electron chi connectivity index (χ4n) is 3.30. The lowest BCUT2D eigenvalue weighted by Crippen LogP contribution is -2.41. The van der Waals surface area contributed by atoms with Crippen molar-refractivity contribution in [3.63, 3.8) is 0 Å². The molecule has 1 heterocycles. The molecule has 1 saturated carbocycles. The predicted octanol–water partition coefficient (Wildman–Crippen LogP) is 3.34. The van der Waals surface area contributed by atoms with E-state index >= 15 is 0 Å². The minimum Gasteiger partial charge on any atom is -0.348 e. The van der Waals surface area contributed by atoms with Crippen molar-refractivity contribution in [2.24, 2.45) is 5.92 Å². The fraction of sp³-hybridized carbons (Fsp3) is 0.500. The van der Waals surface area contributed by atoms with Crippen molar-refractivity contribution in [3.05, 3.63) is 47.5 Å². The van der Waals surface area contributed by atoms with E-state index in [9.17, 15) is 9.18 Å². The van der Waals surface area contributed by atoms with Crippen LogP contribution in [0, 0.1) is 11.7 Å². The summed E-state index contributed by atoms with van der Waals surface area (Å²) in [5.41, 5.74) is 0.797. The van der Waals surface area contributed by atoms with Gasteiger partial charge in [-0.15, -0.1) is 5.10 Å². The van der Waals surface area contributed by atoms with Crippen LogP contribution in [0.1, 0.15) is 61.6 Å². The lowest BCUT2D eigenvalue weighted by Gasteiger charge is -2.29. The number of benzene rings is 1. The Morgan fingerprint density at radius 1 is 1.33 bits per heavy atom. The molecule has 0 unspecified atom stereocenters. The zero-order valence-corrected chi connectivity index (χ0v) is 14.1. The molecule has 1 aromatic heterocycles. The van der Waals surface area contributed by atoms with E-state index in [0.29, 0.717) is 11.5 Å². The Morgan fingerprint density at radius 2 is 2.08 bits per heavy atom. The number of hydrogen-bond donors (Lipinski definition) is 1. The zero-order chi connectivity index (χ0) is 17.1. The van der Waals surface area contributed by atoms with Crippen LogP contribution in [0.5, 0.6) is 0 Å². The quantitative estimate of drug-likeness (QED) is 0.935. The lowest BCUT2D eigenvalue weighted by molar-refractivity contribution is 0.0905. The van der Waals surface area contributed by atoms with Crippen LogP contribution in [0.15, 0.2) is 30.5 Å². The summed E-state index contributed by atoms with van der Waals surface area (Å²) in [6, 6.07) is 6.43. The Balaban J connectivity index is 1.71. The van der Waals surface area contributed by atoms with Gasteiger partial charge in [0.05, 0.1) is 12.2 Å². The summed E-state index contributed by atoms with van der Waals surface area (Å²) < 4.78 is 15.4. The number of nitrogens with zero attached hydrogens (tertiary/aromatic N) is 3. The third-order valence-electron chi connectivity index (χ3n) is 4.92. The molecule has 5 nitrogen and oxygen atoms in total. The van der Waals surface area contributed by atoms with Gasteiger partial charge in [0.15, 0.2) is 5.69 Å². The average Bonchev–Trinajstić information content (AvgIpc) is 3.07. The van der Waals surface area contributed by atoms with Crippen LogP contribution in [-0.2, 0) is 0 Å². The van der Waals surface area contributed by atoms with Gasteiger partial charge >= 0.3 is 0 Å². The molecule has 3 atom stereocenters. The predicted molar refractivity (Wildman–Crippen MR) is 89.1 cm³/mol. The first-order chi connectivity index (χ1) is 11.6. The van der Waals surface area contributed by atoms with E-state index in [1.807, 2.05) is 6.92 Å². The van der Waals surface area contributed by atoms with Crippen molar-refractivity contribution >= 4 is 5.91 Å². The molecule has 1 N–H and O–H groups in total. The maximum atomic E-state index is 13.9. The molecule has 1 aliphatic rings. The summed E-state index contributed by atoms with van der Waals surface area (Å²) in [7, 11) is 0. The number of nitrogens with one attached hydrogen (secondary N) is 1. The van der Waals surface area contributed by atoms with Crippen LogP contribution >= 0.6 is 0 Å². The van der Waals surface area contributed by atoms with Gasteiger partial charge in [0.25, 0.3) is 5.91 Å². The molecule has 128 valence electrons. The maximum Gasteiger partial charge on any atom is 0.273 e. The Morgan fingerprint density at radius 3 is 2.83 bits per heavy atom. The van der Waals surface area contributed by atoms with E-state index in [1.165, 1.54) is 17.2 Å². The molecule has 6 heteroatoms. The lowest BCUT2D eigenvalue weighted by atomic mass is 9.86. The largest absolute Gasteiger partial charge is 0.348 e. The molecule has 1 amide bonds. The van der Waals surface area contributed by atoms with Crippen LogP contribution in [0.4, 0.5) is 4.39 Å². The molecule has 0 radical (unpaired) electrons. The normalized spacial score (nSPS) is 22.1. The first kappa shape index (κ1) is 16.6. The van der Waals surface area contributed by atoms with Gasteiger partial charge in [-0.25, -0.2) is 9.07 Å². The second-order valence-corrected chi connectivity index (χ2v) is 6.62. The summed E-state index contributed by atoms with van der Waals surface area (Å²) in [4.78, 5) is 12.4. The van der Waals surface area contributed by atoms with Crippen molar-refractivity contribution in [2.45, 2.75) is 51.6 Å². The Hall–Kier alpha value is -2.24. The van der Waals surface area contributed by atoms with Crippen LogP contribution in [0.25, 0.3) is 0 Å². The Kier molecular flexibility index (Phi) is 4.92. The van der Waals surface area contributed by atoms with E-state index in [-0.39, 0.29) is 29.5 Å². The Labute approximate surface area is 141 Å². The van der Waals surface area contributed by atoms with Gasteiger partial charge in [-0.1, -0.05) is 43.2 Å². The molecule has 0 bridgehead atoms. The number of rotatable bonds is 4. The highest BCUT2D eigenvalue weighted by molar-refractivity contribution is 5.92. The molecular formula is C18H23FN4O. The summed E-state index contributed by atoms with van der Waals surface area (Å²) in [5, 5.41) is 11.0. The van der Waals surface area contributed by atoms with E-state index in [1.54, 1.807) is 24.4 Å². The van der Waals surface area contributed by atoms with Gasteiger partial charge in [-0.2, -0.15) is 0 Å². The van der Waals surface area contributed by atoms with Crippen molar-refractivity contribution in [3.8, 4) is 0 Å². The van der Waals surface area contributed by atoms with Crippen molar-refractivity contribution < 1.29 is 9.18 Å². The SMILES string of the molecule is C[C@@H]1CCCC[C@H]1NC(=O)c1cn([C@@H](C)c2ccccc2F)nn1. The maximum absolute atomic E-state index is 13.9. The smallest absolute Gasteiger partial charge is 0.273 e. The first-order valence-corrected chi connectivity index (χ1v) is 8.53. The second kappa shape index (κ2) is 7.11. The summed E-state index contributed by atoms with van der Waals surface area (Å²) in [6.45, 7) is 4.00. The van der Waals surface area contributed by atoms with E-state index < -0.39 is 0 Å². The highest BCUT2D eigenvalue weighted by atomic mass is 19.1. The van der Waals surface area contributed by atoms with Gasteiger partial charge in [0.1, 0.15) is 5.82 Å². The third-order valence-corrected chi connectivity index (χ3v) is 4.92. The van der Waals surface area contributed by atoms with Gasteiger partial charge < -0.3 is 5.32 Å². The molecule has 1 aliphatic carbocycles. The first-order valence-electron chi connectivity index (χ1n) is 8.53. The van der Waals surface area contributed by atoms with Crippen molar-refractivity contribution in [1.82, 2.24) is 20.3 Å². The van der Waals surface area contributed by atoms with E-state index in [2.05, 4.69) is 22.6 Å². The summed E-state index contributed by atoms with van der Waals surface area (Å²) in [5.74, 6) is -0.0154. The van der Waals surface area contributed by atoms with Crippen LogP contribution in [-0.4, -0.2) is 26.9 Å². The molecule has 1 fully saturated rings. The molecule has 0 aliphatic heterocycles. The molecule has 24 heavy (non-hydrogen) atoms. The number of halogens is 1. The molecule has 0 saturated heterocycles. The number of hydrogen-bond acceptors (Lipinski definition) is 3. The van der Waals surface area contributed by atoms with Gasteiger partial charge in [0, 0.05) is 11.6 Å². The van der Waals surface area contributed by atoms with Crippen molar-refractivity contribution in [2.75, 3.05) is 0 Å². The van der Waals surface area contributed by atoms with Gasteiger partial charge in [-0.05, 0) is 31.7 Å². The topological polar surface area (TPSA) is 59.8 Å². The van der Waals surface area contributed by atoms with Crippen LogP contribution in [0.3, 0.4) is 0 Å². The molecule has 0 spiro atoms. The summed E-state index contributed by atoms with van der Waals surface area (Å²) >= 11 is 0. The average molecular weight is 330 g/mol.